The highest BCUT2D eigenvalue weighted by Crippen LogP contribution is 2.34. The molecule has 1 aliphatic carbocycles. The van der Waals surface area contributed by atoms with Crippen LogP contribution in [-0.2, 0) is 0 Å². The van der Waals surface area contributed by atoms with Gasteiger partial charge in [0.2, 0.25) is 0 Å². The summed E-state index contributed by atoms with van der Waals surface area (Å²) in [7, 11) is 0. The Morgan fingerprint density at radius 3 is 1.60 bits per heavy atom. The van der Waals surface area contributed by atoms with Gasteiger partial charge in [-0.05, 0) is 54.2 Å². The zero-order valence-electron chi connectivity index (χ0n) is 23.1. The van der Waals surface area contributed by atoms with Crippen molar-refractivity contribution >= 4 is 0 Å². The molecular formula is C35H62. The number of hydrogen-bond acceptors (Lipinski definition) is 0. The Morgan fingerprint density at radius 1 is 0.686 bits per heavy atom. The molecule has 1 aliphatic rings. The Labute approximate surface area is 222 Å². The van der Waals surface area contributed by atoms with Gasteiger partial charge in [0.05, 0.1) is 0 Å². The fourth-order valence-electron chi connectivity index (χ4n) is 4.79. The van der Waals surface area contributed by atoms with E-state index in [-0.39, 0.29) is 14.9 Å². The molecule has 0 saturated heterocycles. The Hall–Kier alpha value is -1.56. The molecular weight excluding hydrogens is 420 g/mol. The van der Waals surface area contributed by atoms with Crippen LogP contribution in [-0.4, -0.2) is 0 Å². The number of hydrogen-bond donors (Lipinski definition) is 0. The average molecular weight is 483 g/mol. The third kappa shape index (κ3) is 14.6. The lowest BCUT2D eigenvalue weighted by molar-refractivity contribution is 0.270. The normalized spacial score (nSPS) is 17.3. The molecule has 1 atom stereocenters. The first kappa shape index (κ1) is 35.6. The zero-order chi connectivity index (χ0) is 24.5. The predicted octanol–water partition coefficient (Wildman–Crippen LogP) is 12.6. The molecule has 1 fully saturated rings. The fourth-order valence-corrected chi connectivity index (χ4v) is 4.79. The minimum atomic E-state index is 0. The molecule has 3 rings (SSSR count). The maximum absolute atomic E-state index is 2.42. The first-order chi connectivity index (χ1) is 16.0. The molecule has 0 amide bonds. The first-order valence-electron chi connectivity index (χ1n) is 14.2. The Morgan fingerprint density at radius 2 is 1.14 bits per heavy atom. The van der Waals surface area contributed by atoms with Crippen molar-refractivity contribution in [3.05, 3.63) is 59.7 Å². The molecule has 1 unspecified atom stereocenters. The molecule has 2 aromatic carbocycles. The lowest BCUT2D eigenvalue weighted by Gasteiger charge is -2.26. The molecule has 0 heterocycles. The van der Waals surface area contributed by atoms with Gasteiger partial charge in [0, 0.05) is 0 Å². The van der Waals surface area contributed by atoms with Gasteiger partial charge in [0.25, 0.3) is 0 Å². The number of aryl methyl sites for hydroxylation is 1. The summed E-state index contributed by atoms with van der Waals surface area (Å²) in [5, 5.41) is 0. The van der Waals surface area contributed by atoms with Gasteiger partial charge in [-0.25, -0.2) is 0 Å². The summed E-state index contributed by atoms with van der Waals surface area (Å²) >= 11 is 0. The largest absolute Gasteiger partial charge is 0.0776 e. The highest BCUT2D eigenvalue weighted by atomic mass is 14.2. The van der Waals surface area contributed by atoms with Gasteiger partial charge in [-0.15, -0.1) is 0 Å². The quantitative estimate of drug-likeness (QED) is 0.351. The van der Waals surface area contributed by atoms with Gasteiger partial charge in [-0.3, -0.25) is 0 Å². The fraction of sp³-hybridized carbons (Fsp3) is 0.657. The van der Waals surface area contributed by atoms with Crippen molar-refractivity contribution < 1.29 is 0 Å². The van der Waals surface area contributed by atoms with Crippen LogP contribution >= 0.6 is 0 Å². The van der Waals surface area contributed by atoms with E-state index in [1.165, 1.54) is 87.3 Å². The van der Waals surface area contributed by atoms with Gasteiger partial charge < -0.3 is 0 Å². The van der Waals surface area contributed by atoms with Gasteiger partial charge in [0.1, 0.15) is 0 Å². The van der Waals surface area contributed by atoms with Gasteiger partial charge in [-0.2, -0.15) is 0 Å². The molecule has 0 heteroatoms. The van der Waals surface area contributed by atoms with Crippen molar-refractivity contribution in [2.45, 2.75) is 140 Å². The van der Waals surface area contributed by atoms with E-state index in [0.29, 0.717) is 0 Å². The highest BCUT2D eigenvalue weighted by molar-refractivity contribution is 5.64. The van der Waals surface area contributed by atoms with Crippen molar-refractivity contribution in [3.63, 3.8) is 0 Å². The summed E-state index contributed by atoms with van der Waals surface area (Å²) in [5.41, 5.74) is 5.53. The van der Waals surface area contributed by atoms with Crippen LogP contribution < -0.4 is 0 Å². The summed E-state index contributed by atoms with van der Waals surface area (Å²) in [4.78, 5) is 0. The van der Waals surface area contributed by atoms with Crippen LogP contribution in [0.25, 0.3) is 11.1 Å². The summed E-state index contributed by atoms with van der Waals surface area (Å²) in [5.74, 6) is 2.72. The smallest absolute Gasteiger partial charge is 0.0162 e. The van der Waals surface area contributed by atoms with E-state index in [1.54, 1.807) is 5.56 Å². The Kier molecular flexibility index (Phi) is 22.1. The van der Waals surface area contributed by atoms with E-state index in [9.17, 15) is 0 Å². The molecule has 0 spiro atoms. The van der Waals surface area contributed by atoms with Crippen LogP contribution in [0.5, 0.6) is 0 Å². The van der Waals surface area contributed by atoms with E-state index in [2.05, 4.69) is 97.0 Å². The van der Waals surface area contributed by atoms with Gasteiger partial charge in [0.15, 0.2) is 0 Å². The molecule has 0 aromatic heterocycles. The highest BCUT2D eigenvalue weighted by Gasteiger charge is 2.19. The van der Waals surface area contributed by atoms with Crippen LogP contribution in [0.2, 0.25) is 0 Å². The first-order valence-corrected chi connectivity index (χ1v) is 14.2. The maximum Gasteiger partial charge on any atom is -0.0162 e. The SMILES string of the molecule is C.C.CCC.CCC.CCCC(CCCC1CCC(C)CC1)c1ccc(-c2ccc(C)cc2)cc1. The predicted molar refractivity (Wildman–Crippen MR) is 165 cm³/mol. The van der Waals surface area contributed by atoms with Crippen LogP contribution in [0.1, 0.15) is 144 Å². The summed E-state index contributed by atoms with van der Waals surface area (Å²) < 4.78 is 0. The molecule has 0 nitrogen and oxygen atoms in total. The Balaban J connectivity index is 0. The molecule has 0 bridgehead atoms. The molecule has 0 N–H and O–H groups in total. The molecule has 0 radical (unpaired) electrons. The minimum Gasteiger partial charge on any atom is -0.0776 e. The lowest BCUT2D eigenvalue weighted by Crippen LogP contribution is -2.12. The van der Waals surface area contributed by atoms with Crippen molar-refractivity contribution in [3.8, 4) is 11.1 Å². The second-order valence-corrected chi connectivity index (χ2v) is 10.4. The van der Waals surface area contributed by atoms with E-state index in [1.807, 2.05) is 0 Å². The lowest BCUT2D eigenvalue weighted by atomic mass is 9.79. The molecule has 0 aliphatic heterocycles. The summed E-state index contributed by atoms with van der Waals surface area (Å²) in [6.07, 6.45) is 15.2. The van der Waals surface area contributed by atoms with Crippen molar-refractivity contribution in [1.29, 1.82) is 0 Å². The second kappa shape index (κ2) is 21.7. The summed E-state index contributed by atoms with van der Waals surface area (Å²) in [6, 6.07) is 18.3. The van der Waals surface area contributed by atoms with E-state index < -0.39 is 0 Å². The third-order valence-corrected chi connectivity index (χ3v) is 6.70. The van der Waals surface area contributed by atoms with Crippen LogP contribution in [0.4, 0.5) is 0 Å². The van der Waals surface area contributed by atoms with Crippen LogP contribution in [0.3, 0.4) is 0 Å². The minimum absolute atomic E-state index is 0. The Bertz CT molecular complexity index is 684. The van der Waals surface area contributed by atoms with Crippen LogP contribution in [0, 0.1) is 18.8 Å². The van der Waals surface area contributed by atoms with Crippen LogP contribution in [0.15, 0.2) is 48.5 Å². The zero-order valence-corrected chi connectivity index (χ0v) is 23.1. The molecule has 35 heavy (non-hydrogen) atoms. The van der Waals surface area contributed by atoms with E-state index in [0.717, 1.165) is 17.8 Å². The van der Waals surface area contributed by atoms with Crippen molar-refractivity contribution in [2.75, 3.05) is 0 Å². The van der Waals surface area contributed by atoms with Crippen molar-refractivity contribution in [1.82, 2.24) is 0 Å². The third-order valence-electron chi connectivity index (χ3n) is 6.70. The maximum atomic E-state index is 2.42. The van der Waals surface area contributed by atoms with E-state index >= 15 is 0 Å². The average Bonchev–Trinajstić information content (AvgIpc) is 2.82. The second-order valence-electron chi connectivity index (χ2n) is 10.4. The van der Waals surface area contributed by atoms with Crippen molar-refractivity contribution in [2.24, 2.45) is 11.8 Å². The van der Waals surface area contributed by atoms with Gasteiger partial charge >= 0.3 is 0 Å². The molecule has 202 valence electrons. The topological polar surface area (TPSA) is 0 Å². The van der Waals surface area contributed by atoms with Gasteiger partial charge in [-0.1, -0.05) is 168 Å². The standard InChI is InChI=1S/C27H38.2C3H8.2CH4/c1-4-6-24(8-5-7-23-13-9-21(2)10-14-23)26-17-19-27(20-18-26)25-15-11-22(3)12-16-25;2*1-3-2;;/h11-12,15-21,23-24H,4-10,13-14H2,1-3H3;2*3H2,1-2H3;2*1H4. The monoisotopic (exact) mass is 482 g/mol. The molecule has 1 saturated carbocycles. The number of benzene rings is 2. The summed E-state index contributed by atoms with van der Waals surface area (Å²) in [6.45, 7) is 15.4. The molecule has 2 aromatic rings. The van der Waals surface area contributed by atoms with E-state index in [4.69, 9.17) is 0 Å². The number of rotatable bonds is 8.